The van der Waals surface area contributed by atoms with Crippen LogP contribution in [0.5, 0.6) is 0 Å². The summed E-state index contributed by atoms with van der Waals surface area (Å²) in [6.45, 7) is 5.05. The van der Waals surface area contributed by atoms with Crippen molar-refractivity contribution in [3.63, 3.8) is 0 Å². The van der Waals surface area contributed by atoms with Crippen LogP contribution in [0.1, 0.15) is 31.0 Å². The fourth-order valence-corrected chi connectivity index (χ4v) is 2.33. The van der Waals surface area contributed by atoms with Gasteiger partial charge in [-0.3, -0.25) is 0 Å². The summed E-state index contributed by atoms with van der Waals surface area (Å²) in [5.74, 6) is 0.479. The first-order chi connectivity index (χ1) is 7.63. The van der Waals surface area contributed by atoms with E-state index < -0.39 is 0 Å². The summed E-state index contributed by atoms with van der Waals surface area (Å²) in [6, 6.07) is 5.98. The van der Waals surface area contributed by atoms with Crippen molar-refractivity contribution in [1.29, 1.82) is 0 Å². The van der Waals surface area contributed by atoms with Crippen LogP contribution in [0.2, 0.25) is 5.02 Å². The van der Waals surface area contributed by atoms with Crippen LogP contribution in [-0.2, 0) is 6.42 Å². The summed E-state index contributed by atoms with van der Waals surface area (Å²) >= 11 is 5.99. The molecule has 1 heterocycles. The van der Waals surface area contributed by atoms with E-state index in [2.05, 4.69) is 24.9 Å². The molecule has 0 bridgehead atoms. The zero-order valence-electron chi connectivity index (χ0n) is 9.68. The van der Waals surface area contributed by atoms with Crippen molar-refractivity contribution in [2.75, 3.05) is 6.54 Å². The van der Waals surface area contributed by atoms with Gasteiger partial charge in [-0.25, -0.2) is 0 Å². The van der Waals surface area contributed by atoms with Crippen LogP contribution in [-0.4, -0.2) is 11.5 Å². The molecule has 3 heteroatoms. The Kier molecular flexibility index (Phi) is 3.22. The van der Waals surface area contributed by atoms with Gasteiger partial charge in [0, 0.05) is 21.6 Å². The molecule has 0 saturated carbocycles. The Bertz CT molecular complexity index is 500. The minimum atomic E-state index is 0.479. The van der Waals surface area contributed by atoms with Gasteiger partial charge in [0.05, 0.1) is 0 Å². The van der Waals surface area contributed by atoms with E-state index in [4.69, 9.17) is 17.3 Å². The highest BCUT2D eigenvalue weighted by Crippen LogP contribution is 2.29. The quantitative estimate of drug-likeness (QED) is 0.842. The Morgan fingerprint density at radius 2 is 2.12 bits per heavy atom. The molecule has 0 fully saturated rings. The molecule has 0 atom stereocenters. The van der Waals surface area contributed by atoms with Gasteiger partial charge in [-0.05, 0) is 36.6 Å². The molecule has 0 aliphatic carbocycles. The first-order valence-electron chi connectivity index (χ1n) is 5.63. The molecular formula is C13H17ClN2. The second kappa shape index (κ2) is 4.48. The van der Waals surface area contributed by atoms with E-state index in [-0.39, 0.29) is 0 Å². The number of aromatic nitrogens is 1. The van der Waals surface area contributed by atoms with E-state index >= 15 is 0 Å². The molecule has 2 aromatic rings. The molecule has 1 aromatic carbocycles. The van der Waals surface area contributed by atoms with Gasteiger partial charge in [-0.2, -0.15) is 0 Å². The number of H-pyrrole nitrogens is 1. The Labute approximate surface area is 101 Å². The lowest BCUT2D eigenvalue weighted by Crippen LogP contribution is -2.05. The maximum atomic E-state index is 5.99. The van der Waals surface area contributed by atoms with Crippen molar-refractivity contribution >= 4 is 22.5 Å². The van der Waals surface area contributed by atoms with Crippen molar-refractivity contribution < 1.29 is 0 Å². The summed E-state index contributed by atoms with van der Waals surface area (Å²) < 4.78 is 0. The van der Waals surface area contributed by atoms with Gasteiger partial charge < -0.3 is 10.7 Å². The lowest BCUT2D eigenvalue weighted by atomic mass is 10.0. The Morgan fingerprint density at radius 3 is 2.75 bits per heavy atom. The van der Waals surface area contributed by atoms with Crippen LogP contribution >= 0.6 is 11.6 Å². The van der Waals surface area contributed by atoms with Crippen molar-refractivity contribution in [1.82, 2.24) is 4.98 Å². The molecule has 16 heavy (non-hydrogen) atoms. The number of hydrogen-bond acceptors (Lipinski definition) is 1. The van der Waals surface area contributed by atoms with Crippen LogP contribution in [0.3, 0.4) is 0 Å². The molecule has 0 aliphatic rings. The normalized spacial score (nSPS) is 11.6. The third kappa shape index (κ3) is 1.95. The number of nitrogens with one attached hydrogen (secondary N) is 1. The van der Waals surface area contributed by atoms with Crippen LogP contribution < -0.4 is 5.73 Å². The van der Waals surface area contributed by atoms with Gasteiger partial charge in [0.2, 0.25) is 0 Å². The second-order valence-electron chi connectivity index (χ2n) is 4.40. The Morgan fingerprint density at radius 1 is 1.38 bits per heavy atom. The van der Waals surface area contributed by atoms with E-state index in [1.165, 1.54) is 16.6 Å². The molecule has 0 aliphatic heterocycles. The predicted molar refractivity (Wildman–Crippen MR) is 70.2 cm³/mol. The lowest BCUT2D eigenvalue weighted by Gasteiger charge is -2.06. The first kappa shape index (κ1) is 11.5. The number of hydrogen-bond donors (Lipinski definition) is 2. The molecule has 2 rings (SSSR count). The zero-order valence-corrected chi connectivity index (χ0v) is 10.4. The third-order valence-electron chi connectivity index (χ3n) is 2.87. The van der Waals surface area contributed by atoms with E-state index in [0.717, 1.165) is 17.0 Å². The molecule has 0 unspecified atom stereocenters. The smallest absolute Gasteiger partial charge is 0.0473 e. The molecule has 2 nitrogen and oxygen atoms in total. The molecule has 86 valence electrons. The van der Waals surface area contributed by atoms with E-state index in [0.29, 0.717) is 12.5 Å². The zero-order chi connectivity index (χ0) is 11.7. The standard InChI is InChI=1S/C13H17ClN2/c1-8(2)13-11(5-6-15)10-4-3-9(14)7-12(10)16-13/h3-4,7-8,16H,5-6,15H2,1-2H3. The van der Waals surface area contributed by atoms with Gasteiger partial charge in [0.15, 0.2) is 0 Å². The highest BCUT2D eigenvalue weighted by Gasteiger charge is 2.13. The van der Waals surface area contributed by atoms with E-state index in [1.807, 2.05) is 12.1 Å². The average molecular weight is 237 g/mol. The molecule has 0 saturated heterocycles. The number of halogens is 1. The SMILES string of the molecule is CC(C)c1[nH]c2cc(Cl)ccc2c1CCN. The van der Waals surface area contributed by atoms with Crippen molar-refractivity contribution in [2.45, 2.75) is 26.2 Å². The number of rotatable bonds is 3. The van der Waals surface area contributed by atoms with Gasteiger partial charge in [-0.1, -0.05) is 31.5 Å². The van der Waals surface area contributed by atoms with Crippen LogP contribution in [0.4, 0.5) is 0 Å². The second-order valence-corrected chi connectivity index (χ2v) is 4.84. The Hall–Kier alpha value is -0.990. The Balaban J connectivity index is 2.65. The highest BCUT2D eigenvalue weighted by molar-refractivity contribution is 6.31. The molecule has 0 radical (unpaired) electrons. The summed E-state index contributed by atoms with van der Waals surface area (Å²) in [7, 11) is 0. The molecule has 0 spiro atoms. The van der Waals surface area contributed by atoms with Gasteiger partial charge in [0.1, 0.15) is 0 Å². The summed E-state index contributed by atoms with van der Waals surface area (Å²) in [5, 5.41) is 2.02. The van der Waals surface area contributed by atoms with E-state index in [1.54, 1.807) is 0 Å². The van der Waals surface area contributed by atoms with Crippen molar-refractivity contribution in [3.05, 3.63) is 34.5 Å². The number of aromatic amines is 1. The van der Waals surface area contributed by atoms with Crippen molar-refractivity contribution in [3.8, 4) is 0 Å². The van der Waals surface area contributed by atoms with Gasteiger partial charge in [0.25, 0.3) is 0 Å². The highest BCUT2D eigenvalue weighted by atomic mass is 35.5. The van der Waals surface area contributed by atoms with Crippen LogP contribution in [0.15, 0.2) is 18.2 Å². The van der Waals surface area contributed by atoms with E-state index in [9.17, 15) is 0 Å². The third-order valence-corrected chi connectivity index (χ3v) is 3.11. The largest absolute Gasteiger partial charge is 0.358 e. The first-order valence-corrected chi connectivity index (χ1v) is 6.01. The average Bonchev–Trinajstić information content (AvgIpc) is 2.57. The fraction of sp³-hybridized carbons (Fsp3) is 0.385. The summed E-state index contributed by atoms with van der Waals surface area (Å²) in [4.78, 5) is 3.45. The number of nitrogens with two attached hydrogens (primary N) is 1. The molecular weight excluding hydrogens is 220 g/mol. The topological polar surface area (TPSA) is 41.8 Å². The van der Waals surface area contributed by atoms with Gasteiger partial charge in [-0.15, -0.1) is 0 Å². The molecule has 0 amide bonds. The number of benzene rings is 1. The molecule has 3 N–H and O–H groups in total. The van der Waals surface area contributed by atoms with Gasteiger partial charge >= 0.3 is 0 Å². The summed E-state index contributed by atoms with van der Waals surface area (Å²) in [6.07, 6.45) is 0.912. The minimum absolute atomic E-state index is 0.479. The monoisotopic (exact) mass is 236 g/mol. The maximum absolute atomic E-state index is 5.99. The maximum Gasteiger partial charge on any atom is 0.0473 e. The predicted octanol–water partition coefficient (Wildman–Crippen LogP) is 3.45. The fourth-order valence-electron chi connectivity index (χ4n) is 2.16. The van der Waals surface area contributed by atoms with Crippen LogP contribution in [0, 0.1) is 0 Å². The van der Waals surface area contributed by atoms with Crippen LogP contribution in [0.25, 0.3) is 10.9 Å². The van der Waals surface area contributed by atoms with Crippen molar-refractivity contribution in [2.24, 2.45) is 5.73 Å². The minimum Gasteiger partial charge on any atom is -0.358 e. The number of fused-ring (bicyclic) bond motifs is 1. The summed E-state index contributed by atoms with van der Waals surface area (Å²) in [5.41, 5.74) is 9.40. The lowest BCUT2D eigenvalue weighted by molar-refractivity contribution is 0.809. The molecule has 1 aromatic heterocycles.